The van der Waals surface area contributed by atoms with Gasteiger partial charge in [0.1, 0.15) is 0 Å². The van der Waals surface area contributed by atoms with Gasteiger partial charge in [-0.25, -0.2) is 0 Å². The van der Waals surface area contributed by atoms with Crippen molar-refractivity contribution in [1.82, 2.24) is 10.6 Å². The first kappa shape index (κ1) is 19.5. The van der Waals surface area contributed by atoms with Crippen LogP contribution in [0.3, 0.4) is 0 Å². The van der Waals surface area contributed by atoms with E-state index in [-0.39, 0.29) is 12.5 Å². The van der Waals surface area contributed by atoms with Gasteiger partial charge in [-0.3, -0.25) is 9.59 Å². The van der Waals surface area contributed by atoms with Crippen molar-refractivity contribution >= 4 is 11.8 Å². The molecule has 2 aromatic rings. The summed E-state index contributed by atoms with van der Waals surface area (Å²) in [5.41, 5.74) is 0.802. The summed E-state index contributed by atoms with van der Waals surface area (Å²) in [5.74, 6) is -0.873. The van der Waals surface area contributed by atoms with E-state index in [9.17, 15) is 22.8 Å². The van der Waals surface area contributed by atoms with E-state index in [1.807, 2.05) is 0 Å². The zero-order valence-corrected chi connectivity index (χ0v) is 14.4. The van der Waals surface area contributed by atoms with Crippen LogP contribution in [0.5, 0.6) is 0 Å². The molecule has 0 bridgehead atoms. The van der Waals surface area contributed by atoms with Gasteiger partial charge in [0, 0.05) is 5.56 Å². The van der Waals surface area contributed by atoms with Crippen LogP contribution in [-0.2, 0) is 11.0 Å². The molecule has 2 rings (SSSR count). The molecule has 0 spiro atoms. The number of rotatable bonds is 5. The smallest absolute Gasteiger partial charge is 0.348 e. The fourth-order valence-corrected chi connectivity index (χ4v) is 2.44. The Morgan fingerprint density at radius 1 is 1.08 bits per heavy atom. The number of carbonyl (C=O) groups excluding carboxylic acids is 2. The normalized spacial score (nSPS) is 12.3. The maximum Gasteiger partial charge on any atom is 0.416 e. The SMILES string of the molecule is Cc1ccccc1C(=O)NCC(=O)NC(C)c1cccc(C(F)(F)F)c1. The van der Waals surface area contributed by atoms with E-state index in [2.05, 4.69) is 10.6 Å². The van der Waals surface area contributed by atoms with Crippen molar-refractivity contribution in [2.24, 2.45) is 0 Å². The maximum atomic E-state index is 12.8. The molecular weight excluding hydrogens is 345 g/mol. The molecule has 4 nitrogen and oxygen atoms in total. The molecule has 0 aliphatic carbocycles. The summed E-state index contributed by atoms with van der Waals surface area (Å²) >= 11 is 0. The average molecular weight is 364 g/mol. The van der Waals surface area contributed by atoms with Crippen molar-refractivity contribution in [3.8, 4) is 0 Å². The van der Waals surface area contributed by atoms with Gasteiger partial charge in [0.25, 0.3) is 5.91 Å². The first-order valence-corrected chi connectivity index (χ1v) is 7.99. The van der Waals surface area contributed by atoms with Crippen LogP contribution in [0, 0.1) is 6.92 Å². The summed E-state index contributed by atoms with van der Waals surface area (Å²) in [5, 5.41) is 5.08. The molecule has 2 N–H and O–H groups in total. The molecule has 2 amide bonds. The van der Waals surface area contributed by atoms with E-state index in [4.69, 9.17) is 0 Å². The van der Waals surface area contributed by atoms with Crippen LogP contribution < -0.4 is 10.6 Å². The lowest BCUT2D eigenvalue weighted by Crippen LogP contribution is -2.38. The second-order valence-electron chi connectivity index (χ2n) is 5.91. The highest BCUT2D eigenvalue weighted by atomic mass is 19.4. The van der Waals surface area contributed by atoms with Gasteiger partial charge < -0.3 is 10.6 Å². The standard InChI is InChI=1S/C19H19F3N2O2/c1-12-6-3-4-9-16(12)18(26)23-11-17(25)24-13(2)14-7-5-8-15(10-14)19(20,21)22/h3-10,13H,11H2,1-2H3,(H,23,26)(H,24,25). The summed E-state index contributed by atoms with van der Waals surface area (Å²) in [6, 6.07) is 11.1. The quantitative estimate of drug-likeness (QED) is 0.851. The van der Waals surface area contributed by atoms with E-state index in [1.54, 1.807) is 38.1 Å². The van der Waals surface area contributed by atoms with Gasteiger partial charge in [-0.2, -0.15) is 13.2 Å². The predicted octanol–water partition coefficient (Wildman–Crippen LogP) is 3.62. The third-order valence-electron chi connectivity index (χ3n) is 3.89. The number of hydrogen-bond acceptors (Lipinski definition) is 2. The molecule has 138 valence electrons. The number of carbonyl (C=O) groups is 2. The Morgan fingerprint density at radius 2 is 1.77 bits per heavy atom. The zero-order chi connectivity index (χ0) is 19.3. The minimum Gasteiger partial charge on any atom is -0.348 e. The molecule has 26 heavy (non-hydrogen) atoms. The van der Waals surface area contributed by atoms with E-state index in [0.717, 1.165) is 17.7 Å². The van der Waals surface area contributed by atoms with Gasteiger partial charge in [-0.1, -0.05) is 30.3 Å². The number of aryl methyl sites for hydroxylation is 1. The molecule has 0 aromatic heterocycles. The molecule has 7 heteroatoms. The van der Waals surface area contributed by atoms with E-state index in [0.29, 0.717) is 11.1 Å². The molecule has 1 unspecified atom stereocenters. The summed E-state index contributed by atoms with van der Waals surface area (Å²) in [6.07, 6.45) is -4.44. The lowest BCUT2D eigenvalue weighted by Gasteiger charge is -2.16. The Morgan fingerprint density at radius 3 is 2.42 bits per heavy atom. The first-order chi connectivity index (χ1) is 12.2. The molecule has 0 heterocycles. The number of benzene rings is 2. The van der Waals surface area contributed by atoms with Crippen LogP contribution in [0.4, 0.5) is 13.2 Å². The van der Waals surface area contributed by atoms with Gasteiger partial charge in [-0.05, 0) is 43.2 Å². The monoisotopic (exact) mass is 364 g/mol. The van der Waals surface area contributed by atoms with Crippen molar-refractivity contribution < 1.29 is 22.8 Å². The van der Waals surface area contributed by atoms with E-state index < -0.39 is 23.7 Å². The minimum absolute atomic E-state index is 0.267. The topological polar surface area (TPSA) is 58.2 Å². The van der Waals surface area contributed by atoms with Gasteiger partial charge in [0.05, 0.1) is 18.2 Å². The van der Waals surface area contributed by atoms with Crippen LogP contribution in [-0.4, -0.2) is 18.4 Å². The van der Waals surface area contributed by atoms with Crippen LogP contribution in [0.25, 0.3) is 0 Å². The number of nitrogens with one attached hydrogen (secondary N) is 2. The summed E-state index contributed by atoms with van der Waals surface area (Å²) < 4.78 is 38.3. The molecular formula is C19H19F3N2O2. The highest BCUT2D eigenvalue weighted by Crippen LogP contribution is 2.30. The van der Waals surface area contributed by atoms with Crippen LogP contribution >= 0.6 is 0 Å². The van der Waals surface area contributed by atoms with Crippen molar-refractivity contribution in [2.75, 3.05) is 6.54 Å². The second-order valence-corrected chi connectivity index (χ2v) is 5.91. The van der Waals surface area contributed by atoms with Crippen LogP contribution in [0.2, 0.25) is 0 Å². The minimum atomic E-state index is -4.44. The molecule has 0 saturated heterocycles. The number of amides is 2. The summed E-state index contributed by atoms with van der Waals surface area (Å²) in [7, 11) is 0. The average Bonchev–Trinajstić information content (AvgIpc) is 2.59. The van der Waals surface area contributed by atoms with Crippen molar-refractivity contribution in [3.05, 3.63) is 70.8 Å². The Kier molecular flexibility index (Phi) is 6.02. The second kappa shape index (κ2) is 8.03. The predicted molar refractivity (Wildman–Crippen MR) is 91.5 cm³/mol. The van der Waals surface area contributed by atoms with Crippen LogP contribution in [0.15, 0.2) is 48.5 Å². The number of halogens is 3. The Balaban J connectivity index is 1.93. The Labute approximate surface area is 149 Å². The summed E-state index contributed by atoms with van der Waals surface area (Å²) in [4.78, 5) is 24.0. The Bertz CT molecular complexity index is 803. The van der Waals surface area contributed by atoms with Crippen molar-refractivity contribution in [2.45, 2.75) is 26.1 Å². The lowest BCUT2D eigenvalue weighted by atomic mass is 10.0. The van der Waals surface area contributed by atoms with Crippen molar-refractivity contribution in [3.63, 3.8) is 0 Å². The highest BCUT2D eigenvalue weighted by Gasteiger charge is 2.30. The molecule has 1 atom stereocenters. The van der Waals surface area contributed by atoms with Gasteiger partial charge >= 0.3 is 6.18 Å². The molecule has 0 aliphatic heterocycles. The fourth-order valence-electron chi connectivity index (χ4n) is 2.44. The van der Waals surface area contributed by atoms with Crippen molar-refractivity contribution in [1.29, 1.82) is 0 Å². The third kappa shape index (κ3) is 5.08. The van der Waals surface area contributed by atoms with Gasteiger partial charge in [0.2, 0.25) is 5.91 Å². The molecule has 0 saturated carbocycles. The fraction of sp³-hybridized carbons (Fsp3) is 0.263. The molecule has 0 fully saturated rings. The Hall–Kier alpha value is -2.83. The number of alkyl halides is 3. The number of hydrogen-bond donors (Lipinski definition) is 2. The van der Waals surface area contributed by atoms with Gasteiger partial charge in [-0.15, -0.1) is 0 Å². The highest BCUT2D eigenvalue weighted by molar-refractivity contribution is 5.97. The molecule has 0 radical (unpaired) electrons. The largest absolute Gasteiger partial charge is 0.416 e. The zero-order valence-electron chi connectivity index (χ0n) is 14.4. The maximum absolute atomic E-state index is 12.8. The van der Waals surface area contributed by atoms with E-state index >= 15 is 0 Å². The lowest BCUT2D eigenvalue weighted by molar-refractivity contribution is -0.137. The summed E-state index contributed by atoms with van der Waals surface area (Å²) in [6.45, 7) is 3.09. The molecule has 0 aliphatic rings. The van der Waals surface area contributed by atoms with Gasteiger partial charge in [0.15, 0.2) is 0 Å². The van der Waals surface area contributed by atoms with Crippen LogP contribution in [0.1, 0.15) is 40.0 Å². The third-order valence-corrected chi connectivity index (χ3v) is 3.89. The first-order valence-electron chi connectivity index (χ1n) is 7.99. The molecule has 2 aromatic carbocycles. The van der Waals surface area contributed by atoms with E-state index in [1.165, 1.54) is 12.1 Å².